The lowest BCUT2D eigenvalue weighted by Gasteiger charge is -2.34. The number of methoxy groups -OCH3 is 1. The summed E-state index contributed by atoms with van der Waals surface area (Å²) in [5.41, 5.74) is 1.11. The van der Waals surface area contributed by atoms with Crippen LogP contribution in [0.3, 0.4) is 0 Å². The second kappa shape index (κ2) is 11.0. The molecule has 0 aliphatic carbocycles. The molecular formula is C16H27IN4OS. The van der Waals surface area contributed by atoms with Gasteiger partial charge < -0.3 is 15.0 Å². The van der Waals surface area contributed by atoms with Crippen LogP contribution >= 0.6 is 35.7 Å². The summed E-state index contributed by atoms with van der Waals surface area (Å²) in [6.45, 7) is 8.04. The van der Waals surface area contributed by atoms with E-state index in [4.69, 9.17) is 9.73 Å². The normalized spacial score (nSPS) is 18.3. The van der Waals surface area contributed by atoms with Gasteiger partial charge in [-0.05, 0) is 25.0 Å². The molecule has 1 saturated heterocycles. The van der Waals surface area contributed by atoms with E-state index in [9.17, 15) is 0 Å². The number of hydrogen-bond acceptors (Lipinski definition) is 4. The Labute approximate surface area is 160 Å². The molecule has 0 spiro atoms. The molecule has 0 aromatic carbocycles. The van der Waals surface area contributed by atoms with Gasteiger partial charge in [0.15, 0.2) is 5.96 Å². The average Bonchev–Trinajstić information content (AvgIpc) is 2.58. The van der Waals surface area contributed by atoms with Gasteiger partial charge in [0.1, 0.15) is 0 Å². The topological polar surface area (TPSA) is 49.8 Å². The number of pyridine rings is 1. The Kier molecular flexibility index (Phi) is 9.69. The van der Waals surface area contributed by atoms with Gasteiger partial charge >= 0.3 is 0 Å². The zero-order valence-electron chi connectivity index (χ0n) is 14.1. The maximum atomic E-state index is 5.17. The van der Waals surface area contributed by atoms with Gasteiger partial charge in [-0.25, -0.2) is 9.98 Å². The quantitative estimate of drug-likeness (QED) is 0.425. The predicted molar refractivity (Wildman–Crippen MR) is 109 cm³/mol. The summed E-state index contributed by atoms with van der Waals surface area (Å²) < 4.78 is 5.17. The van der Waals surface area contributed by atoms with Crippen LogP contribution in [0, 0.1) is 0 Å². The molecule has 1 atom stereocenters. The van der Waals surface area contributed by atoms with Crippen LogP contribution in [0.2, 0.25) is 0 Å². The third kappa shape index (κ3) is 6.37. The molecule has 1 N–H and O–H groups in total. The minimum atomic E-state index is 0. The molecule has 23 heavy (non-hydrogen) atoms. The molecule has 0 amide bonds. The summed E-state index contributed by atoms with van der Waals surface area (Å²) in [5, 5.41) is 4.12. The fourth-order valence-electron chi connectivity index (χ4n) is 2.41. The van der Waals surface area contributed by atoms with E-state index in [0.717, 1.165) is 31.2 Å². The number of aliphatic imine (C=N–C) groups is 1. The van der Waals surface area contributed by atoms with Gasteiger partial charge in [0.05, 0.1) is 13.7 Å². The number of guanidine groups is 1. The number of ether oxygens (including phenoxy) is 1. The van der Waals surface area contributed by atoms with Crippen molar-refractivity contribution in [2.75, 3.05) is 32.5 Å². The number of nitrogens with one attached hydrogen (secondary N) is 1. The van der Waals surface area contributed by atoms with Crippen molar-refractivity contribution in [1.82, 2.24) is 15.2 Å². The Morgan fingerprint density at radius 3 is 3.04 bits per heavy atom. The largest absolute Gasteiger partial charge is 0.481 e. The maximum Gasteiger partial charge on any atom is 0.213 e. The number of nitrogens with zero attached hydrogens (tertiary/aromatic N) is 3. The molecule has 2 rings (SSSR count). The maximum absolute atomic E-state index is 5.17. The molecule has 1 aliphatic heterocycles. The van der Waals surface area contributed by atoms with Gasteiger partial charge in [-0.15, -0.1) is 24.0 Å². The molecule has 5 nitrogen and oxygen atoms in total. The molecule has 0 bridgehead atoms. The molecular weight excluding hydrogens is 423 g/mol. The highest BCUT2D eigenvalue weighted by molar-refractivity contribution is 14.0. The van der Waals surface area contributed by atoms with Crippen LogP contribution in [0.25, 0.3) is 0 Å². The van der Waals surface area contributed by atoms with Crippen LogP contribution in [0.1, 0.15) is 25.8 Å². The van der Waals surface area contributed by atoms with Crippen molar-refractivity contribution >= 4 is 41.7 Å². The van der Waals surface area contributed by atoms with E-state index in [2.05, 4.69) is 40.8 Å². The Bertz CT molecular complexity index is 501. The summed E-state index contributed by atoms with van der Waals surface area (Å²) in [4.78, 5) is 11.3. The van der Waals surface area contributed by atoms with E-state index < -0.39 is 0 Å². The van der Waals surface area contributed by atoms with Gasteiger partial charge in [0.2, 0.25) is 5.88 Å². The van der Waals surface area contributed by atoms with E-state index in [-0.39, 0.29) is 24.0 Å². The number of aromatic nitrogens is 1. The van der Waals surface area contributed by atoms with Crippen LogP contribution in [-0.4, -0.2) is 53.6 Å². The third-order valence-corrected chi connectivity index (χ3v) is 5.02. The van der Waals surface area contributed by atoms with E-state index >= 15 is 0 Å². The zero-order chi connectivity index (χ0) is 15.8. The summed E-state index contributed by atoms with van der Waals surface area (Å²) in [5.74, 6) is 2.82. The Balaban J connectivity index is 0.00000264. The first-order valence-electron chi connectivity index (χ1n) is 7.90. The number of halogens is 1. The Morgan fingerprint density at radius 1 is 1.52 bits per heavy atom. The molecule has 1 unspecified atom stereocenters. The van der Waals surface area contributed by atoms with Crippen molar-refractivity contribution in [2.45, 2.75) is 32.1 Å². The summed E-state index contributed by atoms with van der Waals surface area (Å²) in [6, 6.07) is 3.92. The minimum absolute atomic E-state index is 0. The number of thioether (sulfide) groups is 1. The van der Waals surface area contributed by atoms with Crippen LogP contribution < -0.4 is 10.1 Å². The highest BCUT2D eigenvalue weighted by Crippen LogP contribution is 2.21. The summed E-state index contributed by atoms with van der Waals surface area (Å²) >= 11 is 2.07. The van der Waals surface area contributed by atoms with Crippen LogP contribution in [0.5, 0.6) is 5.88 Å². The molecule has 1 aliphatic rings. The lowest BCUT2D eigenvalue weighted by molar-refractivity contribution is 0.397. The van der Waals surface area contributed by atoms with Gasteiger partial charge in [-0.1, -0.05) is 6.92 Å². The molecule has 2 heterocycles. The van der Waals surface area contributed by atoms with E-state index in [0.29, 0.717) is 17.7 Å². The van der Waals surface area contributed by atoms with Gasteiger partial charge in [-0.3, -0.25) is 0 Å². The first-order valence-corrected chi connectivity index (χ1v) is 8.95. The van der Waals surface area contributed by atoms with Crippen LogP contribution in [0.15, 0.2) is 23.3 Å². The van der Waals surface area contributed by atoms with E-state index in [1.165, 1.54) is 12.2 Å². The number of hydrogen-bond donors (Lipinski definition) is 1. The van der Waals surface area contributed by atoms with E-state index in [1.807, 2.05) is 12.1 Å². The lowest BCUT2D eigenvalue weighted by Crippen LogP contribution is -2.48. The van der Waals surface area contributed by atoms with Crippen molar-refractivity contribution in [3.05, 3.63) is 23.9 Å². The molecule has 0 saturated carbocycles. The fourth-order valence-corrected chi connectivity index (χ4v) is 3.59. The SMILES string of the molecule is CCNC(=NCc1ccnc(OC)c1)N1CCSC(CC)C1.I. The molecule has 1 aromatic heterocycles. The zero-order valence-corrected chi connectivity index (χ0v) is 17.3. The van der Waals surface area contributed by atoms with Crippen molar-refractivity contribution in [3.63, 3.8) is 0 Å². The molecule has 7 heteroatoms. The Hall–Kier alpha value is -0.700. The monoisotopic (exact) mass is 450 g/mol. The average molecular weight is 450 g/mol. The smallest absolute Gasteiger partial charge is 0.213 e. The predicted octanol–water partition coefficient (Wildman–Crippen LogP) is 3.00. The van der Waals surface area contributed by atoms with E-state index in [1.54, 1.807) is 13.3 Å². The van der Waals surface area contributed by atoms with Crippen LogP contribution in [0.4, 0.5) is 0 Å². The minimum Gasteiger partial charge on any atom is -0.481 e. The van der Waals surface area contributed by atoms with Gasteiger partial charge in [0, 0.05) is 42.9 Å². The Morgan fingerprint density at radius 2 is 2.35 bits per heavy atom. The highest BCUT2D eigenvalue weighted by atomic mass is 127. The van der Waals surface area contributed by atoms with Crippen molar-refractivity contribution < 1.29 is 4.74 Å². The summed E-state index contributed by atoms with van der Waals surface area (Å²) in [6.07, 6.45) is 2.98. The second-order valence-electron chi connectivity index (χ2n) is 5.22. The highest BCUT2D eigenvalue weighted by Gasteiger charge is 2.21. The first-order chi connectivity index (χ1) is 10.8. The van der Waals surface area contributed by atoms with Gasteiger partial charge in [0.25, 0.3) is 0 Å². The molecule has 1 aromatic rings. The fraction of sp³-hybridized carbons (Fsp3) is 0.625. The van der Waals surface area contributed by atoms with Crippen molar-refractivity contribution in [1.29, 1.82) is 0 Å². The lowest BCUT2D eigenvalue weighted by atomic mass is 10.2. The van der Waals surface area contributed by atoms with Gasteiger partial charge in [-0.2, -0.15) is 11.8 Å². The summed E-state index contributed by atoms with van der Waals surface area (Å²) in [7, 11) is 1.63. The standard InChI is InChI=1S/C16H26N4OS.HI/c1-4-14-12-20(8-9-22-14)16(17-5-2)19-11-13-6-7-18-15(10-13)21-3;/h6-7,10,14H,4-5,8-9,11-12H2,1-3H3,(H,17,19);1H. The van der Waals surface area contributed by atoms with Crippen molar-refractivity contribution in [3.8, 4) is 5.88 Å². The second-order valence-corrected chi connectivity index (χ2v) is 6.63. The first kappa shape index (κ1) is 20.3. The molecule has 0 radical (unpaired) electrons. The molecule has 130 valence electrons. The van der Waals surface area contributed by atoms with Crippen LogP contribution in [-0.2, 0) is 6.54 Å². The molecule has 1 fully saturated rings. The third-order valence-electron chi connectivity index (χ3n) is 3.65. The number of rotatable bonds is 5. The van der Waals surface area contributed by atoms with Crippen molar-refractivity contribution in [2.24, 2.45) is 4.99 Å².